The second-order valence-electron chi connectivity index (χ2n) is 6.91. The molecule has 0 bridgehead atoms. The highest BCUT2D eigenvalue weighted by Crippen LogP contribution is 2.31. The van der Waals surface area contributed by atoms with Crippen molar-refractivity contribution in [3.63, 3.8) is 0 Å². The predicted octanol–water partition coefficient (Wildman–Crippen LogP) is 3.05. The van der Waals surface area contributed by atoms with Crippen molar-refractivity contribution in [2.45, 2.75) is 39.0 Å². The molecule has 1 aliphatic rings. The Morgan fingerprint density at radius 3 is 2.44 bits per heavy atom. The van der Waals surface area contributed by atoms with Gasteiger partial charge in [-0.25, -0.2) is 9.50 Å². The lowest BCUT2D eigenvalue weighted by Crippen LogP contribution is -2.41. The number of hydrogen-bond acceptors (Lipinski definition) is 4. The van der Waals surface area contributed by atoms with Crippen molar-refractivity contribution in [1.82, 2.24) is 19.2 Å². The highest BCUT2D eigenvalue weighted by molar-refractivity contribution is 5.49. The maximum Gasteiger partial charge on any atom is 0.416 e. The van der Waals surface area contributed by atoms with Crippen LogP contribution in [0.1, 0.15) is 37.0 Å². The number of fused-ring (bicyclic) bond motifs is 2. The Bertz CT molecular complexity index is 1050. The van der Waals surface area contributed by atoms with Crippen molar-refractivity contribution in [3.05, 3.63) is 58.0 Å². The van der Waals surface area contributed by atoms with E-state index in [1.807, 2.05) is 18.7 Å². The van der Waals surface area contributed by atoms with Crippen molar-refractivity contribution >= 4 is 11.2 Å². The second kappa shape index (κ2) is 6.11. The average Bonchev–Trinajstić information content (AvgIpc) is 3.05. The molecule has 0 saturated carbocycles. The van der Waals surface area contributed by atoms with E-state index >= 15 is 0 Å². The van der Waals surface area contributed by atoms with E-state index in [1.165, 1.54) is 12.1 Å². The molecule has 3 heterocycles. The molecule has 1 aromatic carbocycles. The molecule has 0 amide bonds. The predicted molar refractivity (Wildman–Crippen MR) is 93.8 cm³/mol. The number of rotatable bonds is 2. The Labute approximate surface area is 152 Å². The van der Waals surface area contributed by atoms with Crippen molar-refractivity contribution < 1.29 is 13.2 Å². The minimum absolute atomic E-state index is 0.108. The molecule has 3 aromatic rings. The van der Waals surface area contributed by atoms with E-state index in [-0.39, 0.29) is 11.5 Å². The summed E-state index contributed by atoms with van der Waals surface area (Å²) in [6.45, 7) is 5.22. The average molecular weight is 377 g/mol. The summed E-state index contributed by atoms with van der Waals surface area (Å²) >= 11 is 0. The van der Waals surface area contributed by atoms with Gasteiger partial charge in [0.1, 0.15) is 5.82 Å². The summed E-state index contributed by atoms with van der Waals surface area (Å²) in [6, 6.07) is 5.04. The van der Waals surface area contributed by atoms with E-state index < -0.39 is 11.7 Å². The van der Waals surface area contributed by atoms with Gasteiger partial charge in [0.2, 0.25) is 0 Å². The zero-order valence-electron chi connectivity index (χ0n) is 14.9. The van der Waals surface area contributed by atoms with Gasteiger partial charge in [-0.15, -0.1) is 0 Å². The molecular formula is C18H18F3N5O. The third-order valence-corrected chi connectivity index (χ3v) is 4.76. The zero-order valence-corrected chi connectivity index (χ0v) is 14.9. The molecule has 4 rings (SSSR count). The van der Waals surface area contributed by atoms with Crippen LogP contribution in [-0.4, -0.2) is 25.7 Å². The van der Waals surface area contributed by atoms with Crippen LogP contribution in [0.4, 0.5) is 18.9 Å². The maximum absolute atomic E-state index is 12.8. The number of aromatic nitrogens is 4. The first-order valence-corrected chi connectivity index (χ1v) is 8.65. The van der Waals surface area contributed by atoms with E-state index in [2.05, 4.69) is 10.1 Å². The Hall–Kier alpha value is -2.84. The lowest BCUT2D eigenvalue weighted by atomic mass is 10.1. The number of hydrogen-bond donors (Lipinski definition) is 0. The summed E-state index contributed by atoms with van der Waals surface area (Å²) in [5.41, 5.74) is 0.273. The molecule has 0 saturated heterocycles. The Balaban J connectivity index is 1.70. The molecule has 142 valence electrons. The summed E-state index contributed by atoms with van der Waals surface area (Å²) in [6.07, 6.45) is -2.82. The smallest absolute Gasteiger partial charge is 0.362 e. The van der Waals surface area contributed by atoms with E-state index in [4.69, 9.17) is 0 Å². The van der Waals surface area contributed by atoms with Crippen LogP contribution in [0, 0.1) is 0 Å². The Morgan fingerprint density at radius 1 is 1.11 bits per heavy atom. The minimum atomic E-state index is -4.36. The van der Waals surface area contributed by atoms with Gasteiger partial charge in [0.25, 0.3) is 5.56 Å². The first-order valence-electron chi connectivity index (χ1n) is 8.65. The van der Waals surface area contributed by atoms with E-state index in [0.717, 1.165) is 12.1 Å². The van der Waals surface area contributed by atoms with Gasteiger partial charge in [-0.1, -0.05) is 13.8 Å². The minimum Gasteiger partial charge on any atom is -0.362 e. The van der Waals surface area contributed by atoms with Crippen LogP contribution in [0.5, 0.6) is 0 Å². The number of halogens is 3. The van der Waals surface area contributed by atoms with Gasteiger partial charge < -0.3 is 4.90 Å². The van der Waals surface area contributed by atoms with Gasteiger partial charge in [0.15, 0.2) is 11.3 Å². The second-order valence-corrected chi connectivity index (χ2v) is 6.91. The molecule has 27 heavy (non-hydrogen) atoms. The Kier molecular flexibility index (Phi) is 3.97. The fraction of sp³-hybridized carbons (Fsp3) is 0.389. The van der Waals surface area contributed by atoms with Crippen LogP contribution in [-0.2, 0) is 19.3 Å². The summed E-state index contributed by atoms with van der Waals surface area (Å²) in [5, 5.41) is 4.59. The number of anilines is 1. The largest absolute Gasteiger partial charge is 0.416 e. The fourth-order valence-electron chi connectivity index (χ4n) is 3.33. The molecule has 9 heteroatoms. The molecule has 0 atom stereocenters. The highest BCUT2D eigenvalue weighted by atomic mass is 19.4. The first kappa shape index (κ1) is 17.6. The van der Waals surface area contributed by atoms with Gasteiger partial charge >= 0.3 is 6.18 Å². The van der Waals surface area contributed by atoms with E-state index in [0.29, 0.717) is 42.5 Å². The normalized spacial score (nSPS) is 14.8. The third-order valence-electron chi connectivity index (χ3n) is 4.76. The lowest BCUT2D eigenvalue weighted by Gasteiger charge is -2.31. The molecule has 0 N–H and O–H groups in total. The van der Waals surface area contributed by atoms with Crippen LogP contribution in [0.3, 0.4) is 0 Å². The molecule has 0 aliphatic carbocycles. The van der Waals surface area contributed by atoms with Crippen molar-refractivity contribution in [3.8, 4) is 0 Å². The lowest BCUT2D eigenvalue weighted by molar-refractivity contribution is -0.137. The van der Waals surface area contributed by atoms with Crippen molar-refractivity contribution in [2.24, 2.45) is 0 Å². The van der Waals surface area contributed by atoms with Crippen LogP contribution < -0.4 is 10.5 Å². The topological polar surface area (TPSA) is 55.4 Å². The van der Waals surface area contributed by atoms with Crippen LogP contribution in [0.25, 0.3) is 5.52 Å². The quantitative estimate of drug-likeness (QED) is 0.689. The van der Waals surface area contributed by atoms with E-state index in [9.17, 15) is 18.0 Å². The summed E-state index contributed by atoms with van der Waals surface area (Å²) in [5.74, 6) is 1.38. The monoisotopic (exact) mass is 377 g/mol. The zero-order chi connectivity index (χ0) is 19.3. The summed E-state index contributed by atoms with van der Waals surface area (Å²) in [7, 11) is 0. The maximum atomic E-state index is 12.8. The molecule has 2 aromatic heterocycles. The van der Waals surface area contributed by atoms with E-state index in [1.54, 1.807) is 15.3 Å². The highest BCUT2D eigenvalue weighted by Gasteiger charge is 2.30. The molecule has 0 fully saturated rings. The first-order chi connectivity index (χ1) is 12.8. The van der Waals surface area contributed by atoms with Gasteiger partial charge in [-0.05, 0) is 24.3 Å². The number of alkyl halides is 3. The molecule has 0 unspecified atom stereocenters. The van der Waals surface area contributed by atoms with Crippen LogP contribution in [0.2, 0.25) is 0 Å². The molecule has 6 nitrogen and oxygen atoms in total. The van der Waals surface area contributed by atoms with Crippen LogP contribution in [0.15, 0.2) is 35.3 Å². The van der Waals surface area contributed by atoms with Crippen molar-refractivity contribution in [1.29, 1.82) is 0 Å². The Morgan fingerprint density at radius 2 is 1.81 bits per heavy atom. The standard InChI is InChI=1S/C18H18F3N5O/c1-11(2)16-22-9-14-17(27)25-8-7-24(10-15(25)23-26(14)16)13-5-3-12(4-6-13)18(19,20)21/h3-6,9,11H,7-8,10H2,1-2H3. The third kappa shape index (κ3) is 2.96. The molecule has 0 radical (unpaired) electrons. The van der Waals surface area contributed by atoms with Crippen LogP contribution >= 0.6 is 0 Å². The molecule has 0 spiro atoms. The fourth-order valence-corrected chi connectivity index (χ4v) is 3.33. The number of nitrogens with zero attached hydrogens (tertiary/aromatic N) is 5. The van der Waals surface area contributed by atoms with Gasteiger partial charge in [0, 0.05) is 24.7 Å². The number of benzene rings is 1. The summed E-state index contributed by atoms with van der Waals surface area (Å²) in [4.78, 5) is 18.9. The SMILES string of the molecule is CC(C)c1ncc2c(=O)n3c(nn12)CN(c1ccc(C(F)(F)F)cc1)CC3. The van der Waals surface area contributed by atoms with Gasteiger partial charge in [0.05, 0.1) is 18.3 Å². The van der Waals surface area contributed by atoms with Gasteiger partial charge in [-0.2, -0.15) is 18.3 Å². The number of imidazole rings is 1. The van der Waals surface area contributed by atoms with Gasteiger partial charge in [-0.3, -0.25) is 9.36 Å². The molecular weight excluding hydrogens is 359 g/mol. The summed E-state index contributed by atoms with van der Waals surface area (Å²) < 4.78 is 41.5. The molecule has 1 aliphatic heterocycles. The van der Waals surface area contributed by atoms with Crippen molar-refractivity contribution in [2.75, 3.05) is 11.4 Å².